The van der Waals surface area contributed by atoms with Crippen molar-refractivity contribution in [3.8, 4) is 0 Å². The van der Waals surface area contributed by atoms with Crippen LogP contribution in [-0.4, -0.2) is 24.8 Å². The molecule has 0 bridgehead atoms. The van der Waals surface area contributed by atoms with E-state index >= 15 is 0 Å². The molecule has 0 radical (unpaired) electrons. The quantitative estimate of drug-likeness (QED) is 0.841. The Hall–Kier alpha value is -1.48. The minimum Gasteiger partial charge on any atom is -0.298 e. The summed E-state index contributed by atoms with van der Waals surface area (Å²) in [7, 11) is -3.85. The van der Waals surface area contributed by atoms with Gasteiger partial charge >= 0.3 is 0 Å². The molecule has 2 rings (SSSR count). The number of hydrogen-bond donors (Lipinski definition) is 2. The molecule has 1 aromatic heterocycles. The zero-order valence-corrected chi connectivity index (χ0v) is 16.1. The van der Waals surface area contributed by atoms with Gasteiger partial charge in [0.15, 0.2) is 5.13 Å². The average Bonchev–Trinajstić information content (AvgIpc) is 2.81. The number of hydrogen-bond acceptors (Lipinski definition) is 5. The summed E-state index contributed by atoms with van der Waals surface area (Å²) in [6, 6.07) is 4.11. The number of nitrogens with one attached hydrogen (secondary N) is 2. The van der Waals surface area contributed by atoms with Crippen LogP contribution in [0.3, 0.4) is 0 Å². The normalized spacial score (nSPS) is 12.2. The summed E-state index contributed by atoms with van der Waals surface area (Å²) < 4.78 is 27.5. The number of carbonyl (C=O) groups is 1. The summed E-state index contributed by atoms with van der Waals surface area (Å²) >= 11 is 7.31. The zero-order chi connectivity index (χ0) is 18.1. The number of aromatic nitrogens is 1. The first-order chi connectivity index (χ1) is 11.0. The van der Waals surface area contributed by atoms with Crippen LogP contribution < -0.4 is 10.0 Å². The van der Waals surface area contributed by atoms with Crippen molar-refractivity contribution in [3.63, 3.8) is 0 Å². The third kappa shape index (κ3) is 4.76. The lowest BCUT2D eigenvalue weighted by atomic mass is 10.1. The Balaban J connectivity index is 2.33. The van der Waals surface area contributed by atoms with E-state index in [1.54, 1.807) is 26.2 Å². The predicted octanol–water partition coefficient (Wildman–Crippen LogP) is 3.43. The van der Waals surface area contributed by atoms with Crippen LogP contribution in [0.2, 0.25) is 5.02 Å². The Bertz CT molecular complexity index is 870. The van der Waals surface area contributed by atoms with Crippen LogP contribution >= 0.6 is 22.9 Å². The van der Waals surface area contributed by atoms with Gasteiger partial charge in [0, 0.05) is 16.5 Å². The minimum absolute atomic E-state index is 0.0494. The molecule has 0 fully saturated rings. The number of anilines is 1. The van der Waals surface area contributed by atoms with Crippen molar-refractivity contribution in [1.29, 1.82) is 0 Å². The van der Waals surface area contributed by atoms with Gasteiger partial charge in [-0.25, -0.2) is 18.1 Å². The maximum absolute atomic E-state index is 12.5. The van der Waals surface area contributed by atoms with Crippen molar-refractivity contribution in [1.82, 2.24) is 9.71 Å². The fraction of sp³-hybridized carbons (Fsp3) is 0.333. The van der Waals surface area contributed by atoms with Gasteiger partial charge in [0.05, 0.1) is 10.7 Å². The molecule has 2 aromatic rings. The van der Waals surface area contributed by atoms with E-state index < -0.39 is 21.5 Å². The lowest BCUT2D eigenvalue weighted by Gasteiger charge is -2.21. The second-order valence-electron chi connectivity index (χ2n) is 6.25. The van der Waals surface area contributed by atoms with Crippen LogP contribution in [0.4, 0.5) is 5.13 Å². The zero-order valence-electron chi connectivity index (χ0n) is 13.7. The maximum Gasteiger partial charge on any atom is 0.257 e. The Morgan fingerprint density at radius 3 is 2.50 bits per heavy atom. The molecule has 0 aliphatic rings. The Kier molecular flexibility index (Phi) is 5.34. The molecule has 6 nitrogen and oxygen atoms in total. The van der Waals surface area contributed by atoms with E-state index in [2.05, 4.69) is 15.0 Å². The largest absolute Gasteiger partial charge is 0.298 e. The highest BCUT2D eigenvalue weighted by Crippen LogP contribution is 2.25. The van der Waals surface area contributed by atoms with Crippen LogP contribution in [0.5, 0.6) is 0 Å². The summed E-state index contributed by atoms with van der Waals surface area (Å²) in [5.41, 5.74) is 0.310. The van der Waals surface area contributed by atoms with Crippen LogP contribution in [0.1, 0.15) is 36.8 Å². The van der Waals surface area contributed by atoms with Gasteiger partial charge in [-0.05, 0) is 45.9 Å². The monoisotopic (exact) mass is 387 g/mol. The molecule has 0 saturated heterocycles. The summed E-state index contributed by atoms with van der Waals surface area (Å²) in [5.74, 6) is -0.451. The van der Waals surface area contributed by atoms with E-state index in [1.165, 1.54) is 29.5 Å². The molecule has 2 N–H and O–H groups in total. The number of nitrogens with zero attached hydrogens (tertiary/aromatic N) is 1. The summed E-state index contributed by atoms with van der Waals surface area (Å²) in [4.78, 5) is 16.3. The van der Waals surface area contributed by atoms with Gasteiger partial charge in [0.1, 0.15) is 4.90 Å². The van der Waals surface area contributed by atoms with Crippen molar-refractivity contribution in [3.05, 3.63) is 39.9 Å². The number of rotatable bonds is 4. The molecular formula is C15H18ClN3O3S2. The highest BCUT2D eigenvalue weighted by Gasteiger charge is 2.25. The second-order valence-corrected chi connectivity index (χ2v) is 9.16. The van der Waals surface area contributed by atoms with Gasteiger partial charge in [0.2, 0.25) is 10.0 Å². The lowest BCUT2D eigenvalue weighted by Crippen LogP contribution is -2.40. The summed E-state index contributed by atoms with van der Waals surface area (Å²) in [5, 5.41) is 4.94. The Labute approximate surface area is 150 Å². The Morgan fingerprint density at radius 1 is 1.29 bits per heavy atom. The van der Waals surface area contributed by atoms with Crippen LogP contribution in [0.25, 0.3) is 0 Å². The highest BCUT2D eigenvalue weighted by molar-refractivity contribution is 7.89. The molecule has 0 aliphatic carbocycles. The molecule has 0 unspecified atom stereocenters. The van der Waals surface area contributed by atoms with Crippen LogP contribution in [-0.2, 0) is 10.0 Å². The average molecular weight is 388 g/mol. The molecule has 0 aliphatic heterocycles. The lowest BCUT2D eigenvalue weighted by molar-refractivity contribution is 0.102. The Morgan fingerprint density at radius 2 is 1.96 bits per heavy atom. The molecule has 0 atom stereocenters. The molecule has 1 amide bonds. The maximum atomic E-state index is 12.5. The van der Waals surface area contributed by atoms with Crippen molar-refractivity contribution < 1.29 is 13.2 Å². The molecule has 1 heterocycles. The summed E-state index contributed by atoms with van der Waals surface area (Å²) in [6.07, 6.45) is 0. The van der Waals surface area contributed by atoms with E-state index in [4.69, 9.17) is 11.6 Å². The predicted molar refractivity (Wildman–Crippen MR) is 96.3 cm³/mol. The highest BCUT2D eigenvalue weighted by atomic mass is 35.5. The fourth-order valence-electron chi connectivity index (χ4n) is 1.89. The SMILES string of the molecule is Cc1csc(NC(=O)c2ccc(Cl)c(S(=O)(=O)NC(C)(C)C)c2)n1. The second kappa shape index (κ2) is 6.79. The smallest absolute Gasteiger partial charge is 0.257 e. The number of sulfonamides is 1. The molecular weight excluding hydrogens is 370 g/mol. The first kappa shape index (κ1) is 18.9. The number of halogens is 1. The van der Waals surface area contributed by atoms with Gasteiger partial charge in [-0.1, -0.05) is 11.6 Å². The van der Waals surface area contributed by atoms with Gasteiger partial charge in [-0.3, -0.25) is 10.1 Å². The third-order valence-corrected chi connectivity index (χ3v) is 5.88. The molecule has 0 saturated carbocycles. The molecule has 0 spiro atoms. The van der Waals surface area contributed by atoms with E-state index in [0.717, 1.165) is 5.69 Å². The van der Waals surface area contributed by atoms with Crippen molar-refractivity contribution >= 4 is 44.0 Å². The molecule has 1 aromatic carbocycles. The van der Waals surface area contributed by atoms with Crippen molar-refractivity contribution in [2.75, 3.05) is 5.32 Å². The van der Waals surface area contributed by atoms with Crippen molar-refractivity contribution in [2.45, 2.75) is 38.1 Å². The van der Waals surface area contributed by atoms with Gasteiger partial charge in [0.25, 0.3) is 5.91 Å². The summed E-state index contributed by atoms with van der Waals surface area (Å²) in [6.45, 7) is 6.98. The van der Waals surface area contributed by atoms with E-state index in [0.29, 0.717) is 5.13 Å². The van der Waals surface area contributed by atoms with E-state index in [-0.39, 0.29) is 15.5 Å². The number of benzene rings is 1. The van der Waals surface area contributed by atoms with Crippen LogP contribution in [0.15, 0.2) is 28.5 Å². The number of carbonyl (C=O) groups excluding carboxylic acids is 1. The number of amides is 1. The standard InChI is InChI=1S/C15H18ClN3O3S2/c1-9-8-23-14(17-9)18-13(20)10-5-6-11(16)12(7-10)24(21,22)19-15(2,3)4/h5-8,19H,1-4H3,(H,17,18,20). The third-order valence-electron chi connectivity index (χ3n) is 2.76. The molecule has 9 heteroatoms. The molecule has 130 valence electrons. The first-order valence-electron chi connectivity index (χ1n) is 7.05. The van der Waals surface area contributed by atoms with Gasteiger partial charge in [-0.15, -0.1) is 11.3 Å². The van der Waals surface area contributed by atoms with E-state index in [9.17, 15) is 13.2 Å². The topological polar surface area (TPSA) is 88.2 Å². The molecule has 24 heavy (non-hydrogen) atoms. The fourth-order valence-corrected chi connectivity index (χ4v) is 4.52. The van der Waals surface area contributed by atoms with Crippen LogP contribution in [0, 0.1) is 6.92 Å². The number of thiazole rings is 1. The first-order valence-corrected chi connectivity index (χ1v) is 9.79. The van der Waals surface area contributed by atoms with Gasteiger partial charge in [-0.2, -0.15) is 0 Å². The van der Waals surface area contributed by atoms with Crippen molar-refractivity contribution in [2.24, 2.45) is 0 Å². The minimum atomic E-state index is -3.85. The number of aryl methyl sites for hydroxylation is 1. The van der Waals surface area contributed by atoms with Gasteiger partial charge < -0.3 is 0 Å². The van der Waals surface area contributed by atoms with E-state index in [1.807, 2.05) is 6.92 Å².